The van der Waals surface area contributed by atoms with Crippen molar-refractivity contribution in [2.24, 2.45) is 5.10 Å². The predicted molar refractivity (Wildman–Crippen MR) is 17.3 cm³/mol. The van der Waals surface area contributed by atoms with E-state index in [2.05, 4.69) is 5.10 Å². The maximum Gasteiger partial charge on any atom is 0.0232 e. The second kappa shape index (κ2) is 2.47. The predicted octanol–water partition coefficient (Wildman–Crippen LogP) is 0.275. The summed E-state index contributed by atoms with van der Waals surface area (Å²) in [5.74, 6) is 6.02. The zero-order valence-electron chi connectivity index (χ0n) is 2.52. The highest BCUT2D eigenvalue weighted by atomic mass is 15.1. The second-order valence-electron chi connectivity index (χ2n) is 0.387. The summed E-state index contributed by atoms with van der Waals surface area (Å²) in [4.78, 5) is 0. The topological polar surface area (TPSA) is 36.2 Å². The van der Waals surface area contributed by atoms with Crippen molar-refractivity contribution in [2.45, 2.75) is 6.92 Å². The van der Waals surface area contributed by atoms with Gasteiger partial charge >= 0.3 is 0 Å². The lowest BCUT2D eigenvalue weighted by Crippen LogP contribution is -1.53. The zero-order valence-corrected chi connectivity index (χ0v) is 2.52. The van der Waals surface area contributed by atoms with Gasteiger partial charge in [-0.05, 0) is 6.92 Å². The Bertz CT molecular complexity index is 19.2. The molecule has 0 bridgehead atoms. The molecule has 0 aromatic heterocycles. The summed E-state index contributed by atoms with van der Waals surface area (Å²) >= 11 is 0. The Morgan fingerprint density at radius 1 is 2.00 bits per heavy atom. The molecular formula is C2H5N2. The fraction of sp³-hybridized carbons (Fsp3) is 0.500. The van der Waals surface area contributed by atoms with Crippen LogP contribution in [0.25, 0.3) is 0 Å². The molecule has 4 heavy (non-hydrogen) atoms. The summed E-state index contributed by atoms with van der Waals surface area (Å²) in [6.07, 6.45) is 1.42. The van der Waals surface area contributed by atoms with Crippen molar-refractivity contribution < 1.29 is 0 Å². The number of hydrogen-bond donors (Lipinski definition) is 0. The van der Waals surface area contributed by atoms with Gasteiger partial charge in [0, 0.05) is 6.21 Å². The van der Waals surface area contributed by atoms with Crippen molar-refractivity contribution in [1.82, 2.24) is 5.84 Å². The Labute approximate surface area is 25.3 Å². The van der Waals surface area contributed by atoms with Crippen molar-refractivity contribution in [3.8, 4) is 0 Å². The molecule has 0 aliphatic carbocycles. The number of nitrogens with zero attached hydrogens (tertiary/aromatic N) is 1. The molecule has 0 aliphatic rings. The van der Waals surface area contributed by atoms with Crippen LogP contribution >= 0.6 is 0 Å². The highest BCUT2D eigenvalue weighted by Crippen LogP contribution is 1.35. The van der Waals surface area contributed by atoms with Crippen LogP contribution in [0.15, 0.2) is 5.10 Å². The molecule has 0 unspecified atom stereocenters. The van der Waals surface area contributed by atoms with Crippen LogP contribution in [-0.4, -0.2) is 6.21 Å². The molecule has 0 heterocycles. The van der Waals surface area contributed by atoms with Gasteiger partial charge in [-0.15, -0.1) is 0 Å². The summed E-state index contributed by atoms with van der Waals surface area (Å²) in [6.45, 7) is 1.70. The van der Waals surface area contributed by atoms with Crippen molar-refractivity contribution >= 4 is 6.21 Å². The first-order valence-corrected chi connectivity index (χ1v) is 1.06. The Morgan fingerprint density at radius 2 is 2.25 bits per heavy atom. The highest BCUT2D eigenvalue weighted by molar-refractivity contribution is 5.52. The van der Waals surface area contributed by atoms with E-state index in [-0.39, 0.29) is 0 Å². The van der Waals surface area contributed by atoms with Crippen LogP contribution in [0.2, 0.25) is 0 Å². The second-order valence-corrected chi connectivity index (χ2v) is 0.387. The molecule has 0 fully saturated rings. The van der Waals surface area contributed by atoms with Gasteiger partial charge in [0.05, 0.1) is 0 Å². The van der Waals surface area contributed by atoms with Crippen molar-refractivity contribution in [2.75, 3.05) is 0 Å². The Kier molecular flexibility index (Phi) is 2.14. The van der Waals surface area contributed by atoms with Crippen LogP contribution in [0.1, 0.15) is 6.92 Å². The van der Waals surface area contributed by atoms with E-state index in [4.69, 9.17) is 5.84 Å². The molecule has 0 atom stereocenters. The standard InChI is InChI=1S/C2H5N2/c1-2-4-3/h2-3H,1H3/b4-2+. The van der Waals surface area contributed by atoms with E-state index in [0.717, 1.165) is 0 Å². The first-order chi connectivity index (χ1) is 1.91. The third kappa shape index (κ3) is 1.47. The number of nitrogens with one attached hydrogen (secondary N) is 1. The maximum absolute atomic E-state index is 6.02. The van der Waals surface area contributed by atoms with E-state index in [0.29, 0.717) is 0 Å². The maximum atomic E-state index is 6.02. The van der Waals surface area contributed by atoms with Gasteiger partial charge in [0.25, 0.3) is 0 Å². The summed E-state index contributed by atoms with van der Waals surface area (Å²) in [7, 11) is 0. The molecule has 0 aromatic rings. The molecular weight excluding hydrogens is 52.0 g/mol. The molecule has 1 radical (unpaired) electrons. The van der Waals surface area contributed by atoms with Crippen LogP contribution in [-0.2, 0) is 0 Å². The molecule has 0 saturated carbocycles. The van der Waals surface area contributed by atoms with Crippen LogP contribution in [0.3, 0.4) is 0 Å². The molecule has 0 rings (SSSR count). The molecule has 0 aromatic carbocycles. The number of rotatable bonds is 0. The van der Waals surface area contributed by atoms with E-state index in [1.807, 2.05) is 0 Å². The summed E-state index contributed by atoms with van der Waals surface area (Å²) in [5, 5.41) is 2.86. The van der Waals surface area contributed by atoms with Crippen LogP contribution in [0.4, 0.5) is 0 Å². The lowest BCUT2D eigenvalue weighted by atomic mass is 10.9. The third-order valence-electron chi connectivity index (χ3n) is 0.129. The quantitative estimate of drug-likeness (QED) is 0.283. The van der Waals surface area contributed by atoms with Gasteiger partial charge in [-0.25, -0.2) is 5.84 Å². The Hall–Kier alpha value is -0.530. The SMILES string of the molecule is C/C=N/[NH]. The lowest BCUT2D eigenvalue weighted by Gasteiger charge is -1.51. The van der Waals surface area contributed by atoms with Crippen molar-refractivity contribution in [3.63, 3.8) is 0 Å². The zero-order chi connectivity index (χ0) is 3.41. The number of hydrogen-bond acceptors (Lipinski definition) is 1. The van der Waals surface area contributed by atoms with E-state index < -0.39 is 0 Å². The average molecular weight is 57.1 g/mol. The van der Waals surface area contributed by atoms with Crippen molar-refractivity contribution in [1.29, 1.82) is 0 Å². The fourth-order valence-corrected chi connectivity index (χ4v) is 0. The van der Waals surface area contributed by atoms with E-state index in [9.17, 15) is 0 Å². The minimum absolute atomic E-state index is 1.42. The van der Waals surface area contributed by atoms with E-state index in [1.165, 1.54) is 6.21 Å². The molecule has 2 heteroatoms. The molecule has 0 spiro atoms. The minimum Gasteiger partial charge on any atom is -0.205 e. The van der Waals surface area contributed by atoms with E-state index >= 15 is 0 Å². The summed E-state index contributed by atoms with van der Waals surface area (Å²) < 4.78 is 0. The molecule has 1 N–H and O–H groups in total. The minimum atomic E-state index is 1.42. The third-order valence-corrected chi connectivity index (χ3v) is 0.129. The van der Waals surface area contributed by atoms with Gasteiger partial charge in [0.1, 0.15) is 0 Å². The first kappa shape index (κ1) is 3.47. The largest absolute Gasteiger partial charge is 0.205 e. The monoisotopic (exact) mass is 57.0 g/mol. The highest BCUT2D eigenvalue weighted by Gasteiger charge is 1.34. The molecule has 23 valence electrons. The van der Waals surface area contributed by atoms with Gasteiger partial charge in [0.15, 0.2) is 0 Å². The van der Waals surface area contributed by atoms with Gasteiger partial charge in [-0.3, -0.25) is 0 Å². The molecule has 2 nitrogen and oxygen atoms in total. The molecule has 0 amide bonds. The van der Waals surface area contributed by atoms with Gasteiger partial charge in [-0.1, -0.05) is 0 Å². The van der Waals surface area contributed by atoms with Crippen LogP contribution in [0.5, 0.6) is 0 Å². The van der Waals surface area contributed by atoms with E-state index in [1.54, 1.807) is 6.92 Å². The summed E-state index contributed by atoms with van der Waals surface area (Å²) in [6, 6.07) is 0. The average Bonchev–Trinajstić information content (AvgIpc) is 1.37. The van der Waals surface area contributed by atoms with Crippen LogP contribution < -0.4 is 5.84 Å². The smallest absolute Gasteiger partial charge is 0.0232 e. The molecule has 0 saturated heterocycles. The van der Waals surface area contributed by atoms with Crippen molar-refractivity contribution in [3.05, 3.63) is 0 Å². The van der Waals surface area contributed by atoms with Gasteiger partial charge in [-0.2, -0.15) is 5.10 Å². The van der Waals surface area contributed by atoms with Crippen LogP contribution in [0, 0.1) is 0 Å². The van der Waals surface area contributed by atoms with Gasteiger partial charge < -0.3 is 0 Å². The summed E-state index contributed by atoms with van der Waals surface area (Å²) in [5.41, 5.74) is 0. The Morgan fingerprint density at radius 3 is 2.25 bits per heavy atom. The lowest BCUT2D eigenvalue weighted by molar-refractivity contribution is 1.20. The normalized spacial score (nSPS) is 9.25. The first-order valence-electron chi connectivity index (χ1n) is 1.06. The van der Waals surface area contributed by atoms with Gasteiger partial charge in [0.2, 0.25) is 0 Å². The fourth-order valence-electron chi connectivity index (χ4n) is 0. The Balaban J connectivity index is 2.55. The molecule has 0 aliphatic heterocycles.